The van der Waals surface area contributed by atoms with Gasteiger partial charge in [-0.05, 0) is 37.8 Å². The normalized spacial score (nSPS) is 15.4. The molecule has 0 aliphatic rings. The monoisotopic (exact) mass is 380 g/mol. The van der Waals surface area contributed by atoms with Crippen LogP contribution in [0.5, 0.6) is 0 Å². The van der Waals surface area contributed by atoms with Gasteiger partial charge in [-0.1, -0.05) is 44.9 Å². The van der Waals surface area contributed by atoms with Crippen LogP contribution in [0.2, 0.25) is 0 Å². The molecule has 0 radical (unpaired) electrons. The maximum atomic E-state index is 13.1. The molecule has 2 aromatic rings. The van der Waals surface area contributed by atoms with Gasteiger partial charge in [-0.15, -0.1) is 0 Å². The van der Waals surface area contributed by atoms with Gasteiger partial charge >= 0.3 is 6.18 Å². The molecule has 1 aromatic heterocycles. The minimum absolute atomic E-state index is 0.0834. The zero-order valence-corrected chi connectivity index (χ0v) is 16.3. The van der Waals surface area contributed by atoms with Crippen LogP contribution in [0.25, 0.3) is 10.9 Å². The summed E-state index contributed by atoms with van der Waals surface area (Å²) >= 11 is 0. The Hall–Kier alpha value is -2.11. The Morgan fingerprint density at radius 3 is 2.63 bits per heavy atom. The summed E-state index contributed by atoms with van der Waals surface area (Å²) < 4.78 is 39.4. The van der Waals surface area contributed by atoms with Crippen LogP contribution < -0.4 is 5.32 Å². The third-order valence-corrected chi connectivity index (χ3v) is 4.76. The van der Waals surface area contributed by atoms with Crippen molar-refractivity contribution in [1.82, 2.24) is 10.3 Å². The van der Waals surface area contributed by atoms with Crippen molar-refractivity contribution in [2.75, 3.05) is 0 Å². The highest BCUT2D eigenvalue weighted by Gasteiger charge is 2.41. The van der Waals surface area contributed by atoms with Gasteiger partial charge in [-0.25, -0.2) is 0 Å². The van der Waals surface area contributed by atoms with E-state index in [0.29, 0.717) is 0 Å². The molecule has 1 N–H and O–H groups in total. The molecule has 0 aliphatic carbocycles. The topological polar surface area (TPSA) is 42.0 Å². The lowest BCUT2D eigenvalue weighted by Crippen LogP contribution is -2.49. The summed E-state index contributed by atoms with van der Waals surface area (Å²) in [5, 5.41) is 3.43. The zero-order chi connectivity index (χ0) is 20.2. The molecule has 2 rings (SSSR count). The molecule has 2 atom stereocenters. The summed E-state index contributed by atoms with van der Waals surface area (Å²) in [7, 11) is 0. The Morgan fingerprint density at radius 2 is 2.00 bits per heavy atom. The predicted octanol–water partition coefficient (Wildman–Crippen LogP) is 5.81. The van der Waals surface area contributed by atoms with E-state index in [-0.39, 0.29) is 17.9 Å². The van der Waals surface area contributed by atoms with Crippen molar-refractivity contribution in [3.63, 3.8) is 0 Å². The first-order valence-electron chi connectivity index (χ1n) is 9.27. The van der Waals surface area contributed by atoms with E-state index in [9.17, 15) is 18.0 Å². The van der Waals surface area contributed by atoms with Gasteiger partial charge in [-0.2, -0.15) is 13.2 Å². The van der Waals surface area contributed by atoms with Crippen LogP contribution in [-0.4, -0.2) is 22.6 Å². The Kier molecular flexibility index (Phi) is 6.50. The summed E-state index contributed by atoms with van der Waals surface area (Å²) in [6.07, 6.45) is -2.00. The number of halogens is 3. The highest BCUT2D eigenvalue weighted by atomic mass is 19.4. The second-order valence-electron chi connectivity index (χ2n) is 7.78. The van der Waals surface area contributed by atoms with Gasteiger partial charge in [0.2, 0.25) is 0 Å². The number of pyridine rings is 1. The smallest absolute Gasteiger partial charge is 0.346 e. The third kappa shape index (κ3) is 5.94. The molecule has 0 fully saturated rings. The van der Waals surface area contributed by atoms with E-state index in [1.807, 2.05) is 39.0 Å². The van der Waals surface area contributed by atoms with E-state index in [0.717, 1.165) is 29.3 Å². The van der Waals surface area contributed by atoms with Crippen LogP contribution >= 0.6 is 0 Å². The highest BCUT2D eigenvalue weighted by Crippen LogP contribution is 2.33. The van der Waals surface area contributed by atoms with Crippen LogP contribution in [0.15, 0.2) is 30.5 Å². The van der Waals surface area contributed by atoms with Crippen molar-refractivity contribution >= 4 is 16.8 Å². The average Bonchev–Trinajstić information content (AvgIpc) is 2.52. The number of carbonyl (C=O) groups excluding carboxylic acids is 1. The number of aromatic nitrogens is 1. The molecule has 27 heavy (non-hydrogen) atoms. The summed E-state index contributed by atoms with van der Waals surface area (Å²) in [4.78, 5) is 17.0. The number of para-hydroxylation sites is 1. The Balaban J connectivity index is 2.26. The molecular formula is C21H27F3N2O. The number of hydrogen-bond acceptors (Lipinski definition) is 2. The van der Waals surface area contributed by atoms with E-state index >= 15 is 0 Å². The highest BCUT2D eigenvalue weighted by molar-refractivity contribution is 5.98. The van der Waals surface area contributed by atoms with Gasteiger partial charge in [0.05, 0.1) is 17.5 Å². The van der Waals surface area contributed by atoms with Crippen LogP contribution in [0.3, 0.4) is 0 Å². The number of alkyl halides is 3. The number of amides is 1. The van der Waals surface area contributed by atoms with Crippen molar-refractivity contribution in [3.05, 3.63) is 41.6 Å². The lowest BCUT2D eigenvalue weighted by Gasteiger charge is -2.34. The van der Waals surface area contributed by atoms with Crippen LogP contribution in [0.1, 0.15) is 62.4 Å². The fourth-order valence-electron chi connectivity index (χ4n) is 3.76. The fraction of sp³-hybridized carbons (Fsp3) is 0.524. The molecule has 2 unspecified atom stereocenters. The molecule has 0 spiro atoms. The fourth-order valence-corrected chi connectivity index (χ4v) is 3.76. The van der Waals surface area contributed by atoms with Crippen molar-refractivity contribution in [3.8, 4) is 0 Å². The van der Waals surface area contributed by atoms with E-state index in [1.54, 1.807) is 6.07 Å². The molecule has 1 aromatic carbocycles. The summed E-state index contributed by atoms with van der Waals surface area (Å²) in [6.45, 7) is 7.32. The SMILES string of the molecule is CCCC(C)CC(C)(CC(F)(F)F)NC(=O)c1cnc2c(C)cccc2c1. The lowest BCUT2D eigenvalue weighted by molar-refractivity contribution is -0.149. The van der Waals surface area contributed by atoms with Gasteiger partial charge in [0.1, 0.15) is 0 Å². The van der Waals surface area contributed by atoms with E-state index in [1.165, 1.54) is 13.1 Å². The second kappa shape index (κ2) is 8.28. The Labute approximate surface area is 158 Å². The maximum absolute atomic E-state index is 13.1. The summed E-state index contributed by atoms with van der Waals surface area (Å²) in [6, 6.07) is 7.30. The molecule has 148 valence electrons. The number of rotatable bonds is 7. The number of carbonyl (C=O) groups is 1. The van der Waals surface area contributed by atoms with Gasteiger partial charge in [0.15, 0.2) is 0 Å². The van der Waals surface area contributed by atoms with E-state index in [4.69, 9.17) is 0 Å². The number of hydrogen-bond donors (Lipinski definition) is 1. The molecule has 3 nitrogen and oxygen atoms in total. The molecular weight excluding hydrogens is 353 g/mol. The molecule has 6 heteroatoms. The van der Waals surface area contributed by atoms with Crippen LogP contribution in [0.4, 0.5) is 13.2 Å². The van der Waals surface area contributed by atoms with Crippen molar-refractivity contribution in [1.29, 1.82) is 0 Å². The number of benzene rings is 1. The first-order chi connectivity index (χ1) is 12.5. The Morgan fingerprint density at radius 1 is 1.30 bits per heavy atom. The molecule has 1 amide bonds. The van der Waals surface area contributed by atoms with Crippen molar-refractivity contribution in [2.24, 2.45) is 5.92 Å². The molecule has 0 bridgehead atoms. The zero-order valence-electron chi connectivity index (χ0n) is 16.3. The lowest BCUT2D eigenvalue weighted by atomic mass is 9.84. The van der Waals surface area contributed by atoms with E-state index in [2.05, 4.69) is 10.3 Å². The first-order valence-corrected chi connectivity index (χ1v) is 9.27. The number of fused-ring (bicyclic) bond motifs is 1. The minimum Gasteiger partial charge on any atom is -0.346 e. The summed E-state index contributed by atoms with van der Waals surface area (Å²) in [5.41, 5.74) is 0.675. The minimum atomic E-state index is -4.35. The first kappa shape index (κ1) is 21.2. The quantitative estimate of drug-likeness (QED) is 0.658. The number of aryl methyl sites for hydroxylation is 1. The van der Waals surface area contributed by atoms with Crippen molar-refractivity contribution < 1.29 is 18.0 Å². The molecule has 0 saturated carbocycles. The van der Waals surface area contributed by atoms with Gasteiger partial charge < -0.3 is 5.32 Å². The third-order valence-electron chi connectivity index (χ3n) is 4.76. The molecule has 0 aliphatic heterocycles. The Bertz CT molecular complexity index is 804. The molecule has 1 heterocycles. The van der Waals surface area contributed by atoms with Gasteiger partial charge in [0, 0.05) is 17.1 Å². The van der Waals surface area contributed by atoms with Crippen molar-refractivity contribution in [2.45, 2.75) is 65.1 Å². The van der Waals surface area contributed by atoms with Crippen LogP contribution in [-0.2, 0) is 0 Å². The van der Waals surface area contributed by atoms with Crippen LogP contribution in [0, 0.1) is 12.8 Å². The predicted molar refractivity (Wildman–Crippen MR) is 102 cm³/mol. The number of nitrogens with one attached hydrogen (secondary N) is 1. The number of nitrogens with zero attached hydrogens (tertiary/aromatic N) is 1. The largest absolute Gasteiger partial charge is 0.391 e. The summed E-state index contributed by atoms with van der Waals surface area (Å²) in [5.74, 6) is -0.443. The second-order valence-corrected chi connectivity index (χ2v) is 7.78. The maximum Gasteiger partial charge on any atom is 0.391 e. The van der Waals surface area contributed by atoms with Gasteiger partial charge in [-0.3, -0.25) is 9.78 Å². The van der Waals surface area contributed by atoms with E-state index < -0.39 is 24.0 Å². The standard InChI is InChI=1S/C21H27F3N2O/c1-5-7-14(2)11-20(4,13-21(22,23)24)26-19(27)17-10-16-9-6-8-15(3)18(16)25-12-17/h6,8-10,12,14H,5,7,11,13H2,1-4H3,(H,26,27). The average molecular weight is 380 g/mol. The van der Waals surface area contributed by atoms with Gasteiger partial charge in [0.25, 0.3) is 5.91 Å². The molecule has 0 saturated heterocycles.